The van der Waals surface area contributed by atoms with E-state index >= 15 is 0 Å². The molecule has 0 unspecified atom stereocenters. The molecule has 114 valence electrons. The molecule has 0 atom stereocenters. The van der Waals surface area contributed by atoms with E-state index in [4.69, 9.17) is 14.1 Å². The van der Waals surface area contributed by atoms with Gasteiger partial charge in [-0.15, -0.1) is 0 Å². The second-order valence-electron chi connectivity index (χ2n) is 5.21. The van der Waals surface area contributed by atoms with Crippen molar-refractivity contribution in [1.29, 1.82) is 5.26 Å². The molecular weight excluding hydrogens is 299 g/mol. The monoisotopic (exact) mass is 310 g/mol. The van der Waals surface area contributed by atoms with E-state index in [0.717, 1.165) is 11.5 Å². The molecule has 0 saturated heterocycles. The van der Waals surface area contributed by atoms with Crippen molar-refractivity contribution >= 4 is 5.69 Å². The quantitative estimate of drug-likeness (QED) is 0.724. The summed E-state index contributed by atoms with van der Waals surface area (Å²) in [5.74, 6) is 1.04. The highest BCUT2D eigenvalue weighted by Crippen LogP contribution is 2.28. The van der Waals surface area contributed by atoms with E-state index in [1.54, 1.807) is 6.07 Å². The fourth-order valence-corrected chi connectivity index (χ4v) is 2.66. The minimum Gasteiger partial charge on any atom is -0.441 e. The van der Waals surface area contributed by atoms with Crippen LogP contribution in [0.5, 0.6) is 0 Å². The summed E-state index contributed by atoms with van der Waals surface area (Å²) in [6.45, 7) is 1.13. The number of oxazole rings is 2. The Kier molecular flexibility index (Phi) is 3.08. The SMILES string of the molecule is N#Cc1cc(F)cc(N2CCc3oc(-c4ncco4)nc3C2)c1. The standard InChI is InChI=1S/C16H11FN4O2/c17-11-5-10(8-18)6-12(7-11)21-3-1-14-13(9-21)20-16(23-14)15-19-2-4-22-15/h2,4-7H,1,3,9H2. The molecule has 0 fully saturated rings. The van der Waals surface area contributed by atoms with Gasteiger partial charge in [-0.2, -0.15) is 5.26 Å². The van der Waals surface area contributed by atoms with Gasteiger partial charge in [0.2, 0.25) is 0 Å². The van der Waals surface area contributed by atoms with E-state index in [1.807, 2.05) is 11.0 Å². The van der Waals surface area contributed by atoms with Gasteiger partial charge in [0.15, 0.2) is 0 Å². The van der Waals surface area contributed by atoms with Crippen LogP contribution in [0, 0.1) is 17.1 Å². The van der Waals surface area contributed by atoms with Gasteiger partial charge >= 0.3 is 0 Å². The third-order valence-electron chi connectivity index (χ3n) is 3.72. The number of aromatic nitrogens is 2. The lowest BCUT2D eigenvalue weighted by atomic mass is 10.1. The van der Waals surface area contributed by atoms with E-state index in [9.17, 15) is 4.39 Å². The summed E-state index contributed by atoms with van der Waals surface area (Å²) in [6.07, 6.45) is 3.63. The van der Waals surface area contributed by atoms with Gasteiger partial charge in [0, 0.05) is 18.7 Å². The van der Waals surface area contributed by atoms with Crippen LogP contribution < -0.4 is 4.90 Å². The van der Waals surface area contributed by atoms with Gasteiger partial charge in [-0.25, -0.2) is 14.4 Å². The maximum atomic E-state index is 13.6. The minimum absolute atomic E-state index is 0.298. The van der Waals surface area contributed by atoms with Gasteiger partial charge < -0.3 is 13.7 Å². The summed E-state index contributed by atoms with van der Waals surface area (Å²) in [5, 5.41) is 8.97. The van der Waals surface area contributed by atoms with Crippen LogP contribution in [0.1, 0.15) is 17.0 Å². The third kappa shape index (κ3) is 2.44. The molecule has 1 aromatic carbocycles. The lowest BCUT2D eigenvalue weighted by Gasteiger charge is -2.27. The van der Waals surface area contributed by atoms with Crippen LogP contribution >= 0.6 is 0 Å². The zero-order chi connectivity index (χ0) is 15.8. The number of nitrogens with zero attached hydrogens (tertiary/aromatic N) is 4. The fraction of sp³-hybridized carbons (Fsp3) is 0.188. The van der Waals surface area contributed by atoms with Crippen molar-refractivity contribution in [3.63, 3.8) is 0 Å². The Balaban J connectivity index is 1.64. The highest BCUT2D eigenvalue weighted by Gasteiger charge is 2.24. The molecule has 0 saturated carbocycles. The first kappa shape index (κ1) is 13.5. The predicted molar refractivity (Wildman–Crippen MR) is 77.9 cm³/mol. The largest absolute Gasteiger partial charge is 0.441 e. The fourth-order valence-electron chi connectivity index (χ4n) is 2.66. The first-order chi connectivity index (χ1) is 11.2. The van der Waals surface area contributed by atoms with Crippen molar-refractivity contribution in [1.82, 2.24) is 9.97 Å². The maximum Gasteiger partial charge on any atom is 0.284 e. The zero-order valence-corrected chi connectivity index (χ0v) is 12.0. The highest BCUT2D eigenvalue weighted by atomic mass is 19.1. The summed E-state index contributed by atoms with van der Waals surface area (Å²) >= 11 is 0. The van der Waals surface area contributed by atoms with Crippen molar-refractivity contribution in [2.45, 2.75) is 13.0 Å². The van der Waals surface area contributed by atoms with Crippen molar-refractivity contribution in [3.05, 3.63) is 53.5 Å². The van der Waals surface area contributed by atoms with Crippen LogP contribution in [-0.2, 0) is 13.0 Å². The minimum atomic E-state index is -0.425. The van der Waals surface area contributed by atoms with Gasteiger partial charge in [-0.3, -0.25) is 0 Å². The van der Waals surface area contributed by atoms with Crippen LogP contribution in [0.3, 0.4) is 0 Å². The van der Waals surface area contributed by atoms with Crippen LogP contribution in [0.4, 0.5) is 10.1 Å². The number of nitriles is 1. The average Bonchev–Trinajstić information content (AvgIpc) is 3.22. The molecule has 3 aromatic rings. The molecule has 0 amide bonds. The summed E-state index contributed by atoms with van der Waals surface area (Å²) in [7, 11) is 0. The molecule has 3 heterocycles. The topological polar surface area (TPSA) is 79.1 Å². The van der Waals surface area contributed by atoms with Gasteiger partial charge in [0.05, 0.1) is 24.4 Å². The van der Waals surface area contributed by atoms with Gasteiger partial charge in [0.1, 0.15) is 23.5 Å². The maximum absolute atomic E-state index is 13.6. The molecular formula is C16H11FN4O2. The number of halogens is 1. The summed E-state index contributed by atoms with van der Waals surface area (Å²) in [5.41, 5.74) is 1.73. The van der Waals surface area contributed by atoms with Crippen molar-refractivity contribution in [3.8, 4) is 17.9 Å². The Labute approximate surface area is 130 Å². The molecule has 2 aromatic heterocycles. The molecule has 7 heteroatoms. The van der Waals surface area contributed by atoms with E-state index in [1.165, 1.54) is 24.6 Å². The van der Waals surface area contributed by atoms with Crippen LogP contribution in [-0.4, -0.2) is 16.5 Å². The van der Waals surface area contributed by atoms with Crippen molar-refractivity contribution in [2.24, 2.45) is 0 Å². The summed E-state index contributed by atoms with van der Waals surface area (Å²) in [6, 6.07) is 6.27. The van der Waals surface area contributed by atoms with Crippen LogP contribution in [0.2, 0.25) is 0 Å². The summed E-state index contributed by atoms with van der Waals surface area (Å²) in [4.78, 5) is 10.4. The Hall–Kier alpha value is -3.14. The molecule has 1 aliphatic heterocycles. The Morgan fingerprint density at radius 2 is 2.17 bits per heavy atom. The second kappa shape index (κ2) is 5.25. The van der Waals surface area contributed by atoms with E-state index in [2.05, 4.69) is 9.97 Å². The number of hydrogen-bond donors (Lipinski definition) is 0. The average molecular weight is 310 g/mol. The Morgan fingerprint density at radius 1 is 1.26 bits per heavy atom. The van der Waals surface area contributed by atoms with Crippen LogP contribution in [0.15, 0.2) is 39.5 Å². The van der Waals surface area contributed by atoms with Gasteiger partial charge in [-0.1, -0.05) is 0 Å². The Bertz CT molecular complexity index is 895. The van der Waals surface area contributed by atoms with E-state index in [-0.39, 0.29) is 0 Å². The number of hydrogen-bond acceptors (Lipinski definition) is 6. The molecule has 1 aliphatic rings. The molecule has 0 N–H and O–H groups in total. The highest BCUT2D eigenvalue weighted by molar-refractivity contribution is 5.53. The third-order valence-corrected chi connectivity index (χ3v) is 3.72. The lowest BCUT2D eigenvalue weighted by Crippen LogP contribution is -2.30. The van der Waals surface area contributed by atoms with E-state index < -0.39 is 5.82 Å². The molecule has 0 aliphatic carbocycles. The molecule has 6 nitrogen and oxygen atoms in total. The molecule has 0 spiro atoms. The van der Waals surface area contributed by atoms with Gasteiger partial charge in [-0.05, 0) is 18.2 Å². The molecule has 0 bridgehead atoms. The summed E-state index contributed by atoms with van der Waals surface area (Å²) < 4.78 is 24.5. The second-order valence-corrected chi connectivity index (χ2v) is 5.21. The smallest absolute Gasteiger partial charge is 0.284 e. The molecule has 4 rings (SSSR count). The lowest BCUT2D eigenvalue weighted by molar-refractivity contribution is 0.472. The molecule has 23 heavy (non-hydrogen) atoms. The number of rotatable bonds is 2. The van der Waals surface area contributed by atoms with E-state index in [0.29, 0.717) is 42.5 Å². The molecule has 0 radical (unpaired) electrons. The number of fused-ring (bicyclic) bond motifs is 1. The first-order valence-electron chi connectivity index (χ1n) is 7.07. The first-order valence-corrected chi connectivity index (χ1v) is 7.07. The predicted octanol–water partition coefficient (Wildman–Crippen LogP) is 2.90. The van der Waals surface area contributed by atoms with Gasteiger partial charge in [0.25, 0.3) is 11.8 Å². The normalized spacial score (nSPS) is 13.7. The van der Waals surface area contributed by atoms with Crippen molar-refractivity contribution in [2.75, 3.05) is 11.4 Å². The zero-order valence-electron chi connectivity index (χ0n) is 12.0. The van der Waals surface area contributed by atoms with Crippen LogP contribution in [0.25, 0.3) is 11.8 Å². The van der Waals surface area contributed by atoms with Crippen molar-refractivity contribution < 1.29 is 13.2 Å². The Morgan fingerprint density at radius 3 is 2.96 bits per heavy atom. The number of benzene rings is 1. The number of anilines is 1.